The molecule has 4 rings (SSSR count). The van der Waals surface area contributed by atoms with Crippen molar-refractivity contribution in [3.8, 4) is 0 Å². The Morgan fingerprint density at radius 2 is 1.76 bits per heavy atom. The van der Waals surface area contributed by atoms with Crippen molar-refractivity contribution in [1.29, 1.82) is 0 Å². The standard InChI is InChI=1S/C19H26N2O3S/c1-14-5-6-15(2)17(13-14)25(23,24)21-12-4-10-19(21)9-3-11-20(18(19)22)16-7-8-16/h5-6,13,16H,3-4,7-12H2,1-2H3. The number of hydrogen-bond donors (Lipinski definition) is 0. The predicted octanol–water partition coefficient (Wildman–Crippen LogP) is 2.61. The minimum atomic E-state index is -3.68. The Labute approximate surface area is 150 Å². The van der Waals surface area contributed by atoms with Crippen LogP contribution >= 0.6 is 0 Å². The van der Waals surface area contributed by atoms with E-state index < -0.39 is 15.6 Å². The molecule has 1 unspecified atom stereocenters. The number of hydrogen-bond acceptors (Lipinski definition) is 3. The van der Waals surface area contributed by atoms with E-state index >= 15 is 0 Å². The number of sulfonamides is 1. The largest absolute Gasteiger partial charge is 0.338 e. The number of carbonyl (C=O) groups excluding carboxylic acids is 1. The highest BCUT2D eigenvalue weighted by Gasteiger charge is 2.57. The molecular weight excluding hydrogens is 336 g/mol. The first-order valence-corrected chi connectivity index (χ1v) is 10.7. The van der Waals surface area contributed by atoms with Crippen molar-refractivity contribution in [2.45, 2.75) is 68.8 Å². The second kappa shape index (κ2) is 5.81. The lowest BCUT2D eigenvalue weighted by Gasteiger charge is -2.44. The molecular formula is C19H26N2O3S. The number of amides is 1. The van der Waals surface area contributed by atoms with Crippen molar-refractivity contribution in [2.75, 3.05) is 13.1 Å². The van der Waals surface area contributed by atoms with Crippen LogP contribution in [0.5, 0.6) is 0 Å². The van der Waals surface area contributed by atoms with Crippen molar-refractivity contribution >= 4 is 15.9 Å². The Bertz CT molecular complexity index is 816. The lowest BCUT2D eigenvalue weighted by atomic mass is 9.86. The van der Waals surface area contributed by atoms with Gasteiger partial charge in [0, 0.05) is 19.1 Å². The van der Waals surface area contributed by atoms with E-state index in [-0.39, 0.29) is 5.91 Å². The number of rotatable bonds is 3. The van der Waals surface area contributed by atoms with Gasteiger partial charge in [0.2, 0.25) is 15.9 Å². The average Bonchev–Trinajstić information content (AvgIpc) is 3.32. The second-order valence-electron chi connectivity index (χ2n) is 7.81. The molecule has 2 saturated heterocycles. The van der Waals surface area contributed by atoms with Gasteiger partial charge in [-0.1, -0.05) is 12.1 Å². The van der Waals surface area contributed by atoms with E-state index in [2.05, 4.69) is 0 Å². The zero-order chi connectivity index (χ0) is 17.8. The molecule has 0 N–H and O–H groups in total. The Kier molecular flexibility index (Phi) is 3.96. The summed E-state index contributed by atoms with van der Waals surface area (Å²) in [5.41, 5.74) is 0.817. The lowest BCUT2D eigenvalue weighted by molar-refractivity contribution is -0.145. The summed E-state index contributed by atoms with van der Waals surface area (Å²) in [4.78, 5) is 15.6. The maximum Gasteiger partial charge on any atom is 0.244 e. The molecule has 6 heteroatoms. The van der Waals surface area contributed by atoms with Gasteiger partial charge in [0.05, 0.1) is 4.90 Å². The maximum atomic E-state index is 13.5. The highest BCUT2D eigenvalue weighted by atomic mass is 32.2. The van der Waals surface area contributed by atoms with Crippen LogP contribution in [-0.2, 0) is 14.8 Å². The van der Waals surface area contributed by atoms with Gasteiger partial charge in [0.25, 0.3) is 0 Å². The molecule has 0 bridgehead atoms. The molecule has 1 atom stereocenters. The summed E-state index contributed by atoms with van der Waals surface area (Å²) >= 11 is 0. The number of benzene rings is 1. The summed E-state index contributed by atoms with van der Waals surface area (Å²) in [5, 5.41) is 0. The maximum absolute atomic E-state index is 13.5. The molecule has 3 aliphatic rings. The zero-order valence-electron chi connectivity index (χ0n) is 15.0. The van der Waals surface area contributed by atoms with Gasteiger partial charge in [-0.05, 0) is 69.6 Å². The molecule has 1 amide bonds. The third kappa shape index (κ3) is 2.61. The van der Waals surface area contributed by atoms with Gasteiger partial charge in [-0.25, -0.2) is 8.42 Å². The normalized spacial score (nSPS) is 28.1. The van der Waals surface area contributed by atoms with Crippen LogP contribution in [0.15, 0.2) is 23.1 Å². The first kappa shape index (κ1) is 17.0. The fourth-order valence-corrected chi connectivity index (χ4v) is 6.66. The average molecular weight is 362 g/mol. The Balaban J connectivity index is 1.75. The summed E-state index contributed by atoms with van der Waals surface area (Å²) in [7, 11) is -3.68. The molecule has 1 aliphatic carbocycles. The Morgan fingerprint density at radius 3 is 2.44 bits per heavy atom. The van der Waals surface area contributed by atoms with E-state index in [0.29, 0.717) is 30.3 Å². The third-order valence-corrected chi connectivity index (χ3v) is 8.08. The van der Waals surface area contributed by atoms with E-state index in [4.69, 9.17) is 0 Å². The van der Waals surface area contributed by atoms with Gasteiger partial charge in [-0.2, -0.15) is 4.31 Å². The van der Waals surface area contributed by atoms with Crippen molar-refractivity contribution in [3.63, 3.8) is 0 Å². The molecule has 5 nitrogen and oxygen atoms in total. The van der Waals surface area contributed by atoms with Crippen molar-refractivity contribution in [1.82, 2.24) is 9.21 Å². The first-order valence-electron chi connectivity index (χ1n) is 9.27. The zero-order valence-corrected chi connectivity index (χ0v) is 15.8. The van der Waals surface area contributed by atoms with E-state index in [1.807, 2.05) is 30.9 Å². The van der Waals surface area contributed by atoms with Crippen LogP contribution in [0, 0.1) is 13.8 Å². The Morgan fingerprint density at radius 1 is 1.08 bits per heavy atom. The van der Waals surface area contributed by atoms with E-state index in [1.165, 1.54) is 0 Å². The van der Waals surface area contributed by atoms with Crippen molar-refractivity contribution < 1.29 is 13.2 Å². The molecule has 1 saturated carbocycles. The highest BCUT2D eigenvalue weighted by Crippen LogP contribution is 2.44. The van der Waals surface area contributed by atoms with Crippen molar-refractivity contribution in [2.24, 2.45) is 0 Å². The van der Waals surface area contributed by atoms with Gasteiger partial charge in [0.1, 0.15) is 5.54 Å². The molecule has 1 spiro atoms. The minimum Gasteiger partial charge on any atom is -0.338 e. The monoisotopic (exact) mass is 362 g/mol. The number of piperidine rings is 1. The SMILES string of the molecule is Cc1ccc(C)c(S(=O)(=O)N2CCCC23CCCN(C2CC2)C3=O)c1. The topological polar surface area (TPSA) is 57.7 Å². The van der Waals surface area contributed by atoms with Gasteiger partial charge < -0.3 is 4.90 Å². The molecule has 1 aromatic carbocycles. The molecule has 136 valence electrons. The van der Waals surface area contributed by atoms with Gasteiger partial charge in [-0.15, -0.1) is 0 Å². The predicted molar refractivity (Wildman–Crippen MR) is 95.7 cm³/mol. The van der Waals surface area contributed by atoms with Crippen LogP contribution < -0.4 is 0 Å². The third-order valence-electron chi connectivity index (χ3n) is 5.98. The fourth-order valence-electron chi connectivity index (χ4n) is 4.52. The summed E-state index contributed by atoms with van der Waals surface area (Å²) in [5.74, 6) is 0.0487. The van der Waals surface area contributed by atoms with E-state index in [1.54, 1.807) is 10.4 Å². The molecule has 0 radical (unpaired) electrons. The highest BCUT2D eigenvalue weighted by molar-refractivity contribution is 7.89. The molecule has 3 fully saturated rings. The van der Waals surface area contributed by atoms with Crippen LogP contribution in [0.25, 0.3) is 0 Å². The van der Waals surface area contributed by atoms with Gasteiger partial charge in [0.15, 0.2) is 0 Å². The van der Waals surface area contributed by atoms with Gasteiger partial charge >= 0.3 is 0 Å². The Hall–Kier alpha value is -1.40. The molecule has 2 heterocycles. The van der Waals surface area contributed by atoms with E-state index in [0.717, 1.165) is 43.4 Å². The number of likely N-dealkylation sites (tertiary alicyclic amines) is 1. The second-order valence-corrected chi connectivity index (χ2v) is 9.65. The number of nitrogens with zero attached hydrogens (tertiary/aromatic N) is 2. The van der Waals surface area contributed by atoms with Crippen LogP contribution in [-0.4, -0.2) is 48.2 Å². The van der Waals surface area contributed by atoms with Crippen LogP contribution in [0.2, 0.25) is 0 Å². The summed E-state index contributed by atoms with van der Waals surface area (Å²) in [6.45, 7) is 4.95. The molecule has 1 aromatic rings. The first-order chi connectivity index (χ1) is 11.9. The molecule has 25 heavy (non-hydrogen) atoms. The van der Waals surface area contributed by atoms with Crippen LogP contribution in [0.1, 0.15) is 49.7 Å². The number of aryl methyl sites for hydroxylation is 2. The van der Waals surface area contributed by atoms with Crippen molar-refractivity contribution in [3.05, 3.63) is 29.3 Å². The summed E-state index contributed by atoms with van der Waals surface area (Å²) < 4.78 is 28.5. The summed E-state index contributed by atoms with van der Waals surface area (Å²) in [6, 6.07) is 5.86. The summed E-state index contributed by atoms with van der Waals surface area (Å²) in [6.07, 6.45) is 5.07. The van der Waals surface area contributed by atoms with E-state index in [9.17, 15) is 13.2 Å². The van der Waals surface area contributed by atoms with Crippen LogP contribution in [0.3, 0.4) is 0 Å². The molecule has 2 aliphatic heterocycles. The van der Waals surface area contributed by atoms with Gasteiger partial charge in [-0.3, -0.25) is 4.79 Å². The lowest BCUT2D eigenvalue weighted by Crippen LogP contribution is -2.61. The minimum absolute atomic E-state index is 0.0487. The molecule has 0 aromatic heterocycles. The van der Waals surface area contributed by atoms with Crippen LogP contribution in [0.4, 0.5) is 0 Å². The number of carbonyl (C=O) groups is 1. The smallest absolute Gasteiger partial charge is 0.244 e. The quantitative estimate of drug-likeness (QED) is 0.830. The fraction of sp³-hybridized carbons (Fsp3) is 0.632.